The van der Waals surface area contributed by atoms with Crippen molar-refractivity contribution >= 4 is 28.3 Å². The average Bonchev–Trinajstić information content (AvgIpc) is 3.68. The second kappa shape index (κ2) is 10.7. The summed E-state index contributed by atoms with van der Waals surface area (Å²) in [7, 11) is 1.77. The lowest BCUT2D eigenvalue weighted by Crippen LogP contribution is -2.39. The fourth-order valence-corrected chi connectivity index (χ4v) is 5.62. The molecule has 5 aromatic heterocycles. The van der Waals surface area contributed by atoms with Gasteiger partial charge in [-0.2, -0.15) is 0 Å². The Morgan fingerprint density at radius 3 is 2.80 bits per heavy atom. The number of nitrogens with zero attached hydrogens (tertiary/aromatic N) is 7. The quantitative estimate of drug-likeness (QED) is 0.277. The third-order valence-electron chi connectivity index (χ3n) is 6.70. The van der Waals surface area contributed by atoms with Crippen LogP contribution >= 0.6 is 11.3 Å². The van der Waals surface area contributed by atoms with Crippen LogP contribution in [0.25, 0.3) is 22.6 Å². The highest BCUT2D eigenvalue weighted by Gasteiger charge is 2.30. The molecule has 0 saturated heterocycles. The van der Waals surface area contributed by atoms with Crippen LogP contribution in [0, 0.1) is 5.82 Å². The zero-order chi connectivity index (χ0) is 27.8. The predicted octanol–water partition coefficient (Wildman–Crippen LogP) is 5.47. The molecule has 0 aromatic carbocycles. The molecule has 0 bridgehead atoms. The number of aryl methyl sites for hydroxylation is 1. The first kappa shape index (κ1) is 25.9. The van der Waals surface area contributed by atoms with Gasteiger partial charge in [-0.1, -0.05) is 0 Å². The number of halogens is 3. The van der Waals surface area contributed by atoms with Gasteiger partial charge >= 0.3 is 0 Å². The number of amides is 1. The molecule has 1 N–H and O–H groups in total. The lowest BCUT2D eigenvalue weighted by molar-refractivity contribution is 0.0920. The highest BCUT2D eigenvalue weighted by Crippen LogP contribution is 2.37. The van der Waals surface area contributed by atoms with Crippen molar-refractivity contribution in [2.45, 2.75) is 44.2 Å². The fraction of sp³-hybridized carbons (Fsp3) is 0.308. The van der Waals surface area contributed by atoms with Crippen LogP contribution in [0.2, 0.25) is 0 Å². The molecule has 1 aliphatic rings. The average molecular weight is 569 g/mol. The maximum Gasteiger partial charge on any atom is 0.280 e. The summed E-state index contributed by atoms with van der Waals surface area (Å²) in [6.45, 7) is 0. The molecule has 40 heavy (non-hydrogen) atoms. The van der Waals surface area contributed by atoms with Crippen LogP contribution in [0.1, 0.15) is 52.8 Å². The number of hydrogen-bond acceptors (Lipinski definition) is 8. The van der Waals surface area contributed by atoms with Crippen molar-refractivity contribution < 1.29 is 22.7 Å². The number of alkyl halides is 2. The summed E-state index contributed by atoms with van der Waals surface area (Å²) in [6.07, 6.45) is 5.86. The summed E-state index contributed by atoms with van der Waals surface area (Å²) in [4.78, 5) is 29.7. The highest BCUT2D eigenvalue weighted by atomic mass is 32.1. The minimum absolute atomic E-state index is 0.0101. The first-order valence-corrected chi connectivity index (χ1v) is 13.4. The molecule has 5 aromatic rings. The second-order valence-corrected chi connectivity index (χ2v) is 10.5. The molecular formula is C26H23F3N8O2S. The second-order valence-electron chi connectivity index (χ2n) is 9.44. The Labute approximate surface area is 229 Å². The minimum atomic E-state index is -2.68. The summed E-state index contributed by atoms with van der Waals surface area (Å²) >= 11 is 0.677. The van der Waals surface area contributed by atoms with E-state index in [-0.39, 0.29) is 27.7 Å². The maximum absolute atomic E-state index is 14.9. The molecule has 1 aliphatic carbocycles. The Hall–Kier alpha value is -4.33. The molecule has 5 heterocycles. The van der Waals surface area contributed by atoms with Gasteiger partial charge in [-0.15, -0.1) is 16.4 Å². The van der Waals surface area contributed by atoms with E-state index in [1.807, 2.05) is 4.57 Å². The molecule has 2 atom stereocenters. The number of ether oxygens (including phenoxy) is 1. The van der Waals surface area contributed by atoms with Gasteiger partial charge in [-0.25, -0.2) is 33.1 Å². The van der Waals surface area contributed by atoms with E-state index in [1.54, 1.807) is 36.3 Å². The van der Waals surface area contributed by atoms with Crippen LogP contribution < -0.4 is 10.1 Å². The first-order chi connectivity index (χ1) is 19.4. The number of pyridine rings is 2. The van der Waals surface area contributed by atoms with Gasteiger partial charge in [0, 0.05) is 49.9 Å². The molecular weight excluding hydrogens is 545 g/mol. The van der Waals surface area contributed by atoms with Gasteiger partial charge in [0.05, 0.1) is 16.6 Å². The van der Waals surface area contributed by atoms with Gasteiger partial charge < -0.3 is 14.6 Å². The summed E-state index contributed by atoms with van der Waals surface area (Å²) in [5.41, 5.74) is 1.29. The smallest absolute Gasteiger partial charge is 0.280 e. The van der Waals surface area contributed by atoms with Crippen molar-refractivity contribution in [2.75, 3.05) is 0 Å². The van der Waals surface area contributed by atoms with Gasteiger partial charge in [0.2, 0.25) is 11.8 Å². The highest BCUT2D eigenvalue weighted by molar-refractivity contribution is 7.13. The van der Waals surface area contributed by atoms with E-state index < -0.39 is 18.1 Å². The van der Waals surface area contributed by atoms with Crippen molar-refractivity contribution in [1.82, 2.24) is 39.6 Å². The number of thiazole rings is 1. The molecule has 10 nitrogen and oxygen atoms in total. The molecule has 0 aliphatic heterocycles. The van der Waals surface area contributed by atoms with E-state index in [4.69, 9.17) is 4.74 Å². The van der Waals surface area contributed by atoms with Crippen molar-refractivity contribution in [3.8, 4) is 23.3 Å². The van der Waals surface area contributed by atoms with Gasteiger partial charge in [-0.3, -0.25) is 9.48 Å². The number of rotatable bonds is 7. The monoisotopic (exact) mass is 568 g/mol. The molecule has 1 fully saturated rings. The van der Waals surface area contributed by atoms with Crippen molar-refractivity contribution in [3.05, 3.63) is 64.8 Å². The normalized spacial score (nSPS) is 17.4. The van der Waals surface area contributed by atoms with Gasteiger partial charge in [0.25, 0.3) is 12.3 Å². The largest absolute Gasteiger partial charge is 0.419 e. The van der Waals surface area contributed by atoms with Crippen LogP contribution in [0.5, 0.6) is 11.8 Å². The van der Waals surface area contributed by atoms with Crippen LogP contribution in [0.4, 0.5) is 13.2 Å². The summed E-state index contributed by atoms with van der Waals surface area (Å²) in [6, 6.07) is 5.83. The van der Waals surface area contributed by atoms with E-state index in [2.05, 4.69) is 30.4 Å². The maximum atomic E-state index is 14.9. The SMILES string of the molecule is Cn1ccc(Oc2cc3c(cn2)nc(-c2ncccc2F)n3[C@@H]2CCC[C@H](NC(=O)c3ncc(C(F)F)s3)C2)n1. The van der Waals surface area contributed by atoms with Crippen LogP contribution in [0.15, 0.2) is 49.1 Å². The van der Waals surface area contributed by atoms with E-state index in [0.29, 0.717) is 52.8 Å². The molecule has 1 amide bonds. The summed E-state index contributed by atoms with van der Waals surface area (Å²) in [5.74, 6) is -0.0161. The first-order valence-electron chi connectivity index (χ1n) is 12.6. The minimum Gasteiger partial charge on any atom is -0.419 e. The van der Waals surface area contributed by atoms with Gasteiger partial charge in [0.1, 0.15) is 11.2 Å². The summed E-state index contributed by atoms with van der Waals surface area (Å²) < 4.78 is 50.3. The number of carbonyl (C=O) groups is 1. The lowest BCUT2D eigenvalue weighted by Gasteiger charge is -2.31. The van der Waals surface area contributed by atoms with Crippen molar-refractivity contribution in [1.29, 1.82) is 0 Å². The number of hydrogen-bond donors (Lipinski definition) is 1. The molecule has 6 rings (SSSR count). The van der Waals surface area contributed by atoms with Gasteiger partial charge in [-0.05, 0) is 37.8 Å². The van der Waals surface area contributed by atoms with E-state index >= 15 is 0 Å². The molecule has 206 valence electrons. The van der Waals surface area contributed by atoms with Crippen LogP contribution in [0.3, 0.4) is 0 Å². The topological polar surface area (TPSA) is 113 Å². The molecule has 1 saturated carbocycles. The number of nitrogens with one attached hydrogen (secondary N) is 1. The Bertz CT molecular complexity index is 1680. The third-order valence-corrected chi connectivity index (χ3v) is 7.70. The number of carbonyl (C=O) groups excluding carboxylic acids is 1. The fourth-order valence-electron chi connectivity index (χ4n) is 4.95. The van der Waals surface area contributed by atoms with Crippen molar-refractivity contribution in [2.24, 2.45) is 7.05 Å². The van der Waals surface area contributed by atoms with E-state index in [1.165, 1.54) is 18.3 Å². The molecule has 14 heteroatoms. The standard InChI is InChI=1S/C26H23F3N8O2S/c1-36-9-7-20(35-36)39-21-11-18-17(12-31-21)34-24(22-16(27)6-3-8-30-22)37(18)15-5-2-4-14(10-15)33-25(38)26-32-13-19(40-26)23(28)29/h3,6-9,11-15,23H,2,4-5,10H2,1H3,(H,33,38)/t14-,15+/m0/s1. The van der Waals surface area contributed by atoms with Gasteiger partial charge in [0.15, 0.2) is 16.6 Å². The Morgan fingerprint density at radius 2 is 2.05 bits per heavy atom. The van der Waals surface area contributed by atoms with Crippen molar-refractivity contribution in [3.63, 3.8) is 0 Å². The Kier molecular flexibility index (Phi) is 6.92. The van der Waals surface area contributed by atoms with E-state index in [9.17, 15) is 18.0 Å². The number of aromatic nitrogens is 7. The third kappa shape index (κ3) is 5.13. The molecule has 0 spiro atoms. The Morgan fingerprint density at radius 1 is 1.18 bits per heavy atom. The number of imidazole rings is 1. The summed E-state index contributed by atoms with van der Waals surface area (Å²) in [5, 5.41) is 7.15. The zero-order valence-electron chi connectivity index (χ0n) is 21.2. The molecule has 0 unspecified atom stereocenters. The predicted molar refractivity (Wildman–Crippen MR) is 140 cm³/mol. The van der Waals surface area contributed by atoms with Crippen LogP contribution in [-0.2, 0) is 7.05 Å². The lowest BCUT2D eigenvalue weighted by atomic mass is 9.90. The Balaban J connectivity index is 1.34. The zero-order valence-corrected chi connectivity index (χ0v) is 22.0. The van der Waals surface area contributed by atoms with Crippen LogP contribution in [-0.4, -0.2) is 46.2 Å². The number of fused-ring (bicyclic) bond motifs is 1. The molecule has 0 radical (unpaired) electrons. The van der Waals surface area contributed by atoms with E-state index in [0.717, 1.165) is 19.0 Å².